The number of hydrogen-bond donors (Lipinski definition) is 1. The van der Waals surface area contributed by atoms with Crippen LogP contribution < -0.4 is 10.1 Å². The Labute approximate surface area is 167 Å². The molecule has 0 saturated carbocycles. The molecule has 2 aromatic rings. The number of anilines is 1. The van der Waals surface area contributed by atoms with Crippen LogP contribution in [-0.2, 0) is 9.59 Å². The van der Waals surface area contributed by atoms with Crippen LogP contribution in [0.4, 0.5) is 10.5 Å². The third-order valence-electron chi connectivity index (χ3n) is 4.01. The van der Waals surface area contributed by atoms with Gasteiger partial charge in [0.05, 0.1) is 17.2 Å². The maximum absolute atomic E-state index is 12.6. The van der Waals surface area contributed by atoms with E-state index >= 15 is 0 Å². The first-order chi connectivity index (χ1) is 13.5. The fourth-order valence-corrected chi connectivity index (χ4v) is 3.47. The largest absolute Gasteiger partial charge is 0.492 e. The first kappa shape index (κ1) is 19.7. The normalized spacial score (nSPS) is 15.2. The van der Waals surface area contributed by atoms with Crippen LogP contribution in [0.3, 0.4) is 0 Å². The number of imide groups is 1. The van der Waals surface area contributed by atoms with Crippen LogP contribution in [0.1, 0.15) is 18.1 Å². The van der Waals surface area contributed by atoms with Crippen molar-refractivity contribution in [2.24, 2.45) is 0 Å². The van der Waals surface area contributed by atoms with Gasteiger partial charge in [0.25, 0.3) is 11.1 Å². The fourth-order valence-electron chi connectivity index (χ4n) is 2.63. The molecule has 1 N–H and O–H groups in total. The average molecular weight is 396 g/mol. The number of para-hydroxylation sites is 2. The maximum atomic E-state index is 12.6. The summed E-state index contributed by atoms with van der Waals surface area (Å²) in [6, 6.07) is 14.6. The van der Waals surface area contributed by atoms with Gasteiger partial charge in [0, 0.05) is 0 Å². The second-order valence-corrected chi connectivity index (χ2v) is 7.15. The molecule has 0 aromatic heterocycles. The molecule has 1 aliphatic rings. The van der Waals surface area contributed by atoms with Crippen molar-refractivity contribution in [1.29, 1.82) is 0 Å². The predicted molar refractivity (Wildman–Crippen MR) is 110 cm³/mol. The lowest BCUT2D eigenvalue weighted by Gasteiger charge is -2.14. The molecule has 0 aliphatic carbocycles. The Hall–Kier alpha value is -3.06. The molecule has 0 radical (unpaired) electrons. The topological polar surface area (TPSA) is 75.7 Å². The number of amides is 3. The van der Waals surface area contributed by atoms with E-state index in [1.807, 2.05) is 38.1 Å². The van der Waals surface area contributed by atoms with Crippen molar-refractivity contribution in [1.82, 2.24) is 4.90 Å². The third-order valence-corrected chi connectivity index (χ3v) is 4.92. The number of ether oxygens (including phenoxy) is 1. The van der Waals surface area contributed by atoms with E-state index in [1.54, 1.807) is 30.3 Å². The number of hydrogen-bond acceptors (Lipinski definition) is 5. The Morgan fingerprint density at radius 1 is 1.14 bits per heavy atom. The number of thioether (sulfide) groups is 1. The first-order valence-corrected chi connectivity index (χ1v) is 9.63. The van der Waals surface area contributed by atoms with Crippen molar-refractivity contribution in [3.63, 3.8) is 0 Å². The second-order valence-electron chi connectivity index (χ2n) is 6.16. The number of benzene rings is 2. The first-order valence-electron chi connectivity index (χ1n) is 8.81. The molecule has 0 atom stereocenters. The van der Waals surface area contributed by atoms with Gasteiger partial charge in [-0.1, -0.05) is 42.0 Å². The quantitative estimate of drug-likeness (QED) is 0.745. The molecule has 0 unspecified atom stereocenters. The van der Waals surface area contributed by atoms with Gasteiger partial charge in [-0.2, -0.15) is 0 Å². The summed E-state index contributed by atoms with van der Waals surface area (Å²) in [6.45, 7) is 3.93. The number of nitrogens with zero attached hydrogens (tertiary/aromatic N) is 1. The van der Waals surface area contributed by atoms with Crippen LogP contribution in [0.5, 0.6) is 5.75 Å². The molecule has 6 nitrogen and oxygen atoms in total. The molecule has 3 amide bonds. The Kier molecular flexibility index (Phi) is 6.16. The number of carbonyl (C=O) groups excluding carboxylic acids is 3. The molecule has 0 bridgehead atoms. The summed E-state index contributed by atoms with van der Waals surface area (Å²) in [4.78, 5) is 38.4. The monoisotopic (exact) mass is 396 g/mol. The molecule has 0 spiro atoms. The minimum Gasteiger partial charge on any atom is -0.492 e. The molecular formula is C21H20N2O4S. The van der Waals surface area contributed by atoms with Gasteiger partial charge in [-0.05, 0) is 49.4 Å². The third kappa shape index (κ3) is 4.61. The Morgan fingerprint density at radius 2 is 1.86 bits per heavy atom. The highest BCUT2D eigenvalue weighted by Gasteiger charge is 2.36. The highest BCUT2D eigenvalue weighted by Crippen LogP contribution is 2.32. The van der Waals surface area contributed by atoms with E-state index in [4.69, 9.17) is 4.74 Å². The lowest BCUT2D eigenvalue weighted by atomic mass is 10.1. The number of rotatable bonds is 6. The minimum atomic E-state index is -0.469. The Bertz CT molecular complexity index is 938. The zero-order chi connectivity index (χ0) is 20.1. The molecule has 1 heterocycles. The lowest BCUT2D eigenvalue weighted by molar-refractivity contribution is -0.127. The van der Waals surface area contributed by atoms with E-state index in [-0.39, 0.29) is 6.54 Å². The SMILES string of the molecule is CCOc1ccccc1NC(=O)CN1C(=O)S/C(=C\c2ccc(C)cc2)C1=O. The summed E-state index contributed by atoms with van der Waals surface area (Å²) in [7, 11) is 0. The van der Waals surface area contributed by atoms with Crippen molar-refractivity contribution in [3.05, 3.63) is 64.6 Å². The Balaban J connectivity index is 1.69. The summed E-state index contributed by atoms with van der Waals surface area (Å²) >= 11 is 0.834. The van der Waals surface area contributed by atoms with Crippen LogP contribution in [-0.4, -0.2) is 35.1 Å². The smallest absolute Gasteiger partial charge is 0.294 e. The van der Waals surface area contributed by atoms with Crippen LogP contribution in [0.2, 0.25) is 0 Å². The molecule has 144 valence electrons. The molecule has 1 fully saturated rings. The van der Waals surface area contributed by atoms with Crippen molar-refractivity contribution in [2.75, 3.05) is 18.5 Å². The van der Waals surface area contributed by atoms with Gasteiger partial charge in [-0.3, -0.25) is 19.3 Å². The van der Waals surface area contributed by atoms with Gasteiger partial charge in [0.1, 0.15) is 12.3 Å². The molecule has 28 heavy (non-hydrogen) atoms. The molecular weight excluding hydrogens is 376 g/mol. The summed E-state index contributed by atoms with van der Waals surface area (Å²) in [5.74, 6) is -0.401. The van der Waals surface area contributed by atoms with Crippen LogP contribution in [0, 0.1) is 6.92 Å². The highest BCUT2D eigenvalue weighted by molar-refractivity contribution is 8.18. The van der Waals surface area contributed by atoms with E-state index in [9.17, 15) is 14.4 Å². The zero-order valence-corrected chi connectivity index (χ0v) is 16.4. The lowest BCUT2D eigenvalue weighted by Crippen LogP contribution is -2.36. The summed E-state index contributed by atoms with van der Waals surface area (Å²) in [5, 5.41) is 2.23. The molecule has 1 saturated heterocycles. The van der Waals surface area contributed by atoms with Crippen LogP contribution in [0.15, 0.2) is 53.4 Å². The number of carbonyl (C=O) groups is 3. The molecule has 3 rings (SSSR count). The van der Waals surface area contributed by atoms with E-state index < -0.39 is 17.1 Å². The van der Waals surface area contributed by atoms with Gasteiger partial charge < -0.3 is 10.1 Å². The van der Waals surface area contributed by atoms with Crippen LogP contribution in [0.25, 0.3) is 6.08 Å². The highest BCUT2D eigenvalue weighted by atomic mass is 32.2. The van der Waals surface area contributed by atoms with E-state index in [0.29, 0.717) is 22.9 Å². The van der Waals surface area contributed by atoms with Crippen LogP contribution >= 0.6 is 11.8 Å². The Morgan fingerprint density at radius 3 is 2.57 bits per heavy atom. The van der Waals surface area contributed by atoms with Gasteiger partial charge in [0.2, 0.25) is 5.91 Å². The average Bonchev–Trinajstić information content (AvgIpc) is 2.93. The molecule has 1 aliphatic heterocycles. The van der Waals surface area contributed by atoms with Crippen molar-refractivity contribution in [3.8, 4) is 5.75 Å². The van der Waals surface area contributed by atoms with Gasteiger partial charge in [0.15, 0.2) is 0 Å². The van der Waals surface area contributed by atoms with Crippen molar-refractivity contribution < 1.29 is 19.1 Å². The van der Waals surface area contributed by atoms with Gasteiger partial charge in [-0.25, -0.2) is 0 Å². The molecule has 7 heteroatoms. The summed E-state index contributed by atoms with van der Waals surface area (Å²) in [5.41, 5.74) is 2.43. The summed E-state index contributed by atoms with van der Waals surface area (Å²) < 4.78 is 5.47. The van der Waals surface area contributed by atoms with E-state index in [0.717, 1.165) is 27.8 Å². The van der Waals surface area contributed by atoms with Gasteiger partial charge >= 0.3 is 0 Å². The van der Waals surface area contributed by atoms with Crippen molar-refractivity contribution >= 4 is 40.6 Å². The van der Waals surface area contributed by atoms with Gasteiger partial charge in [-0.15, -0.1) is 0 Å². The fraction of sp³-hybridized carbons (Fsp3) is 0.190. The second kappa shape index (κ2) is 8.75. The van der Waals surface area contributed by atoms with E-state index in [2.05, 4.69) is 5.32 Å². The van der Waals surface area contributed by atoms with Crippen molar-refractivity contribution in [2.45, 2.75) is 13.8 Å². The summed E-state index contributed by atoms with van der Waals surface area (Å²) in [6.07, 6.45) is 1.66. The number of aryl methyl sites for hydroxylation is 1. The maximum Gasteiger partial charge on any atom is 0.294 e. The molecule has 2 aromatic carbocycles. The zero-order valence-electron chi connectivity index (χ0n) is 15.6. The minimum absolute atomic E-state index is 0.302. The standard InChI is InChI=1S/C21H20N2O4S/c1-3-27-17-7-5-4-6-16(17)22-19(24)13-23-20(25)18(28-21(23)26)12-15-10-8-14(2)9-11-15/h4-12H,3,13H2,1-2H3,(H,22,24)/b18-12-. The predicted octanol–water partition coefficient (Wildman–Crippen LogP) is 4.07. The number of nitrogens with one attached hydrogen (secondary N) is 1. The van der Waals surface area contributed by atoms with E-state index in [1.165, 1.54) is 0 Å².